The monoisotopic (exact) mass is 356 g/mol. The number of carbonyl (C=O) groups excluding carboxylic acids is 2. The molecule has 1 fully saturated rings. The fraction of sp³-hybridized carbons (Fsp3) is 0.389. The third-order valence-corrected chi connectivity index (χ3v) is 4.71. The fourth-order valence-electron chi connectivity index (χ4n) is 3.39. The van der Waals surface area contributed by atoms with Gasteiger partial charge in [-0.25, -0.2) is 5.06 Å². The molecular weight excluding hydrogens is 336 g/mol. The third-order valence-electron chi connectivity index (χ3n) is 4.71. The first-order chi connectivity index (χ1) is 12.6. The Morgan fingerprint density at radius 2 is 2.12 bits per heavy atom. The zero-order valence-corrected chi connectivity index (χ0v) is 14.2. The first kappa shape index (κ1) is 16.6. The van der Waals surface area contributed by atoms with Crippen LogP contribution in [0.2, 0.25) is 0 Å². The molecule has 4 rings (SSSR count). The molecule has 1 N–H and O–H groups in total. The van der Waals surface area contributed by atoms with Crippen molar-refractivity contribution >= 4 is 11.8 Å². The van der Waals surface area contributed by atoms with Crippen LogP contribution in [-0.4, -0.2) is 56.4 Å². The standard InChI is InChI=1S/C18H20N4O4/c23-15-5-3-4-13(10-15)17(24)20-11-14-6-7-19-22(14)16(12-20)18(25)21-8-1-2-9-26-21/h3-7,10,16,23H,1-2,8-9,11-12H2/t16-/m0/s1. The van der Waals surface area contributed by atoms with Crippen LogP contribution in [0.4, 0.5) is 0 Å². The van der Waals surface area contributed by atoms with Gasteiger partial charge in [0.25, 0.3) is 11.8 Å². The summed E-state index contributed by atoms with van der Waals surface area (Å²) >= 11 is 0. The molecular formula is C18H20N4O4. The van der Waals surface area contributed by atoms with Gasteiger partial charge in [0.05, 0.1) is 25.4 Å². The molecule has 0 unspecified atom stereocenters. The van der Waals surface area contributed by atoms with Gasteiger partial charge >= 0.3 is 0 Å². The zero-order valence-electron chi connectivity index (χ0n) is 14.2. The second-order valence-electron chi connectivity index (χ2n) is 6.50. The first-order valence-electron chi connectivity index (χ1n) is 8.68. The van der Waals surface area contributed by atoms with Gasteiger partial charge in [-0.2, -0.15) is 5.10 Å². The van der Waals surface area contributed by atoms with Crippen LogP contribution in [0.5, 0.6) is 5.75 Å². The predicted molar refractivity (Wildman–Crippen MR) is 91.0 cm³/mol. The van der Waals surface area contributed by atoms with Crippen LogP contribution >= 0.6 is 0 Å². The van der Waals surface area contributed by atoms with E-state index in [2.05, 4.69) is 5.10 Å². The summed E-state index contributed by atoms with van der Waals surface area (Å²) in [6, 6.07) is 7.41. The van der Waals surface area contributed by atoms with Crippen LogP contribution in [-0.2, 0) is 16.2 Å². The second-order valence-corrected chi connectivity index (χ2v) is 6.50. The minimum Gasteiger partial charge on any atom is -0.508 e. The maximum absolute atomic E-state index is 12.9. The van der Waals surface area contributed by atoms with Gasteiger partial charge < -0.3 is 10.0 Å². The lowest BCUT2D eigenvalue weighted by Gasteiger charge is -2.36. The zero-order chi connectivity index (χ0) is 18.1. The molecule has 26 heavy (non-hydrogen) atoms. The topological polar surface area (TPSA) is 87.9 Å². The highest BCUT2D eigenvalue weighted by atomic mass is 16.7. The number of hydrogen-bond donors (Lipinski definition) is 1. The molecule has 0 aliphatic carbocycles. The molecule has 0 spiro atoms. The molecule has 2 aliphatic heterocycles. The third kappa shape index (κ3) is 3.03. The van der Waals surface area contributed by atoms with E-state index in [0.717, 1.165) is 18.5 Å². The highest BCUT2D eigenvalue weighted by Gasteiger charge is 2.36. The quantitative estimate of drug-likeness (QED) is 0.877. The van der Waals surface area contributed by atoms with E-state index in [-0.39, 0.29) is 24.1 Å². The molecule has 2 aliphatic rings. The van der Waals surface area contributed by atoms with E-state index in [1.54, 1.807) is 34.0 Å². The summed E-state index contributed by atoms with van der Waals surface area (Å²) < 4.78 is 1.67. The van der Waals surface area contributed by atoms with Crippen LogP contribution in [0, 0.1) is 0 Å². The molecule has 0 bridgehead atoms. The summed E-state index contributed by atoms with van der Waals surface area (Å²) in [7, 11) is 0. The number of hydrogen-bond acceptors (Lipinski definition) is 5. The average molecular weight is 356 g/mol. The minimum absolute atomic E-state index is 0.0345. The molecule has 1 atom stereocenters. The SMILES string of the molecule is O=C(c1cccc(O)c1)N1Cc2ccnn2[C@H](C(=O)N2CCCCO2)C1. The molecule has 3 heterocycles. The maximum Gasteiger partial charge on any atom is 0.272 e. The Balaban J connectivity index is 1.59. The van der Waals surface area contributed by atoms with Crippen molar-refractivity contribution in [3.63, 3.8) is 0 Å². The van der Waals surface area contributed by atoms with Gasteiger partial charge in [-0.1, -0.05) is 6.07 Å². The van der Waals surface area contributed by atoms with Gasteiger partial charge in [0.2, 0.25) is 0 Å². The van der Waals surface area contributed by atoms with E-state index in [0.29, 0.717) is 25.3 Å². The predicted octanol–water partition coefficient (Wildman–Crippen LogP) is 1.34. The van der Waals surface area contributed by atoms with Gasteiger partial charge in [0, 0.05) is 18.3 Å². The van der Waals surface area contributed by atoms with Crippen LogP contribution in [0.3, 0.4) is 0 Å². The Hall–Kier alpha value is -2.87. The number of amides is 2. The largest absolute Gasteiger partial charge is 0.508 e. The molecule has 2 amide bonds. The van der Waals surface area contributed by atoms with Crippen LogP contribution < -0.4 is 0 Å². The van der Waals surface area contributed by atoms with Gasteiger partial charge in [-0.3, -0.25) is 19.1 Å². The Labute approximate surface area is 150 Å². The van der Waals surface area contributed by atoms with E-state index in [1.807, 2.05) is 0 Å². The number of phenols is 1. The summed E-state index contributed by atoms with van der Waals surface area (Å²) in [4.78, 5) is 32.9. The Morgan fingerprint density at radius 1 is 1.23 bits per heavy atom. The van der Waals surface area contributed by atoms with E-state index < -0.39 is 6.04 Å². The van der Waals surface area contributed by atoms with E-state index in [1.165, 1.54) is 17.2 Å². The Kier molecular flexibility index (Phi) is 4.34. The number of fused-ring (bicyclic) bond motifs is 1. The normalized spacial score (nSPS) is 19.9. The number of hydroxylamine groups is 2. The summed E-state index contributed by atoms with van der Waals surface area (Å²) in [5.74, 6) is -0.388. The number of aromatic nitrogens is 2. The lowest BCUT2D eigenvalue weighted by molar-refractivity contribution is -0.201. The number of phenolic OH excluding ortho intramolecular Hbond substituents is 1. The average Bonchev–Trinajstić information content (AvgIpc) is 3.15. The second kappa shape index (κ2) is 6.80. The lowest BCUT2D eigenvalue weighted by atomic mass is 10.1. The lowest BCUT2D eigenvalue weighted by Crippen LogP contribution is -2.49. The van der Waals surface area contributed by atoms with Gasteiger partial charge in [0.15, 0.2) is 6.04 Å². The van der Waals surface area contributed by atoms with Gasteiger partial charge in [0.1, 0.15) is 5.75 Å². The van der Waals surface area contributed by atoms with Gasteiger partial charge in [-0.15, -0.1) is 0 Å². The summed E-state index contributed by atoms with van der Waals surface area (Å²) in [6.45, 7) is 1.64. The number of nitrogens with zero attached hydrogens (tertiary/aromatic N) is 4. The van der Waals surface area contributed by atoms with Crippen LogP contribution in [0.15, 0.2) is 36.5 Å². The van der Waals surface area contributed by atoms with Crippen molar-refractivity contribution in [1.82, 2.24) is 19.7 Å². The first-order valence-corrected chi connectivity index (χ1v) is 8.68. The molecule has 0 saturated carbocycles. The molecule has 2 aromatic rings. The van der Waals surface area contributed by atoms with Crippen molar-refractivity contribution in [3.05, 3.63) is 47.8 Å². The number of aromatic hydroxyl groups is 1. The van der Waals surface area contributed by atoms with E-state index in [4.69, 9.17) is 4.84 Å². The molecule has 8 heteroatoms. The minimum atomic E-state index is -0.617. The van der Waals surface area contributed by atoms with Crippen molar-refractivity contribution in [3.8, 4) is 5.75 Å². The van der Waals surface area contributed by atoms with Gasteiger partial charge in [-0.05, 0) is 37.1 Å². The number of carbonyl (C=O) groups is 2. The molecule has 8 nitrogen and oxygen atoms in total. The maximum atomic E-state index is 12.9. The smallest absolute Gasteiger partial charge is 0.272 e. The summed E-state index contributed by atoms with van der Waals surface area (Å²) in [5.41, 5.74) is 1.18. The fourth-order valence-corrected chi connectivity index (χ4v) is 3.39. The van der Waals surface area contributed by atoms with Crippen molar-refractivity contribution in [1.29, 1.82) is 0 Å². The van der Waals surface area contributed by atoms with E-state index in [9.17, 15) is 14.7 Å². The molecule has 1 aromatic heterocycles. The van der Waals surface area contributed by atoms with Crippen molar-refractivity contribution in [2.45, 2.75) is 25.4 Å². The van der Waals surface area contributed by atoms with Crippen LogP contribution in [0.1, 0.15) is 34.9 Å². The van der Waals surface area contributed by atoms with Crippen molar-refractivity contribution < 1.29 is 19.5 Å². The molecule has 0 radical (unpaired) electrons. The molecule has 1 saturated heterocycles. The highest BCUT2D eigenvalue weighted by molar-refractivity contribution is 5.95. The Morgan fingerprint density at radius 3 is 2.88 bits per heavy atom. The van der Waals surface area contributed by atoms with E-state index >= 15 is 0 Å². The Bertz CT molecular complexity index is 828. The van der Waals surface area contributed by atoms with Crippen LogP contribution in [0.25, 0.3) is 0 Å². The molecule has 1 aromatic carbocycles. The number of rotatable bonds is 2. The highest BCUT2D eigenvalue weighted by Crippen LogP contribution is 2.25. The van der Waals surface area contributed by atoms with Crippen molar-refractivity contribution in [2.24, 2.45) is 0 Å². The van der Waals surface area contributed by atoms with Crippen molar-refractivity contribution in [2.75, 3.05) is 19.7 Å². The molecule has 136 valence electrons. The summed E-state index contributed by atoms with van der Waals surface area (Å²) in [5, 5.41) is 15.3. The number of benzene rings is 1. The summed E-state index contributed by atoms with van der Waals surface area (Å²) in [6.07, 6.45) is 3.47.